The zero-order chi connectivity index (χ0) is 31.6. The van der Waals surface area contributed by atoms with E-state index in [-0.39, 0.29) is 30.7 Å². The van der Waals surface area contributed by atoms with Crippen molar-refractivity contribution in [2.75, 3.05) is 71.4 Å². The molecule has 1 aromatic heterocycles. The lowest BCUT2D eigenvalue weighted by Gasteiger charge is -2.48. The SMILES string of the molecule is COc1cc(C)c(S(=O)(=O)N2CC(Oc3nccc(N(C)CCN4CCC(c5ccccc5)(N5CCCC5)CC4)n3)C2)c(C)c1. The van der Waals surface area contributed by atoms with E-state index in [9.17, 15) is 8.42 Å². The largest absolute Gasteiger partial charge is 0.497 e. The molecule has 3 fully saturated rings. The van der Waals surface area contributed by atoms with Crippen molar-refractivity contribution in [2.45, 2.75) is 56.1 Å². The second-order valence-corrected chi connectivity index (χ2v) is 14.6. The summed E-state index contributed by atoms with van der Waals surface area (Å²) in [5.41, 5.74) is 2.96. The summed E-state index contributed by atoms with van der Waals surface area (Å²) in [4.78, 5) is 16.7. The molecule has 0 bridgehead atoms. The number of anilines is 1. The predicted octanol–water partition coefficient (Wildman–Crippen LogP) is 4.08. The second-order valence-electron chi connectivity index (χ2n) is 12.7. The molecular formula is C34H46N6O4S. The molecule has 2 aromatic carbocycles. The number of aryl methyl sites for hydroxylation is 2. The number of hydrogen-bond donors (Lipinski definition) is 0. The normalized spacial score (nSPS) is 19.7. The van der Waals surface area contributed by atoms with Gasteiger partial charge < -0.3 is 19.3 Å². The number of hydrogen-bond acceptors (Lipinski definition) is 9. The molecule has 0 N–H and O–H groups in total. The molecule has 3 aliphatic heterocycles. The molecule has 3 saturated heterocycles. The fourth-order valence-corrected chi connectivity index (χ4v) is 9.13. The highest BCUT2D eigenvalue weighted by Gasteiger charge is 2.42. The molecule has 3 aliphatic rings. The van der Waals surface area contributed by atoms with Gasteiger partial charge in [-0.05, 0) is 87.5 Å². The van der Waals surface area contributed by atoms with Gasteiger partial charge in [-0.25, -0.2) is 13.4 Å². The number of ether oxygens (including phenoxy) is 2. The van der Waals surface area contributed by atoms with E-state index in [1.54, 1.807) is 39.3 Å². The Bertz CT molecular complexity index is 1540. The van der Waals surface area contributed by atoms with E-state index in [4.69, 9.17) is 9.47 Å². The van der Waals surface area contributed by atoms with Gasteiger partial charge in [-0.2, -0.15) is 9.29 Å². The zero-order valence-corrected chi connectivity index (χ0v) is 27.8. The highest BCUT2D eigenvalue weighted by atomic mass is 32.2. The summed E-state index contributed by atoms with van der Waals surface area (Å²) >= 11 is 0. The smallest absolute Gasteiger partial charge is 0.318 e. The average molecular weight is 635 g/mol. The summed E-state index contributed by atoms with van der Waals surface area (Å²) in [5.74, 6) is 1.44. The molecule has 0 amide bonds. The third-order valence-corrected chi connectivity index (χ3v) is 12.0. The summed E-state index contributed by atoms with van der Waals surface area (Å²) in [7, 11) is -0.0154. The Morgan fingerprint density at radius 3 is 2.29 bits per heavy atom. The van der Waals surface area contributed by atoms with Crippen molar-refractivity contribution in [3.63, 3.8) is 0 Å². The van der Waals surface area contributed by atoms with E-state index < -0.39 is 10.0 Å². The van der Waals surface area contributed by atoms with Crippen molar-refractivity contribution in [2.24, 2.45) is 0 Å². The number of sulfonamides is 1. The van der Waals surface area contributed by atoms with Gasteiger partial charge in [-0.3, -0.25) is 4.90 Å². The summed E-state index contributed by atoms with van der Waals surface area (Å²) < 4.78 is 39.5. The lowest BCUT2D eigenvalue weighted by Crippen LogP contribution is -2.56. The Balaban J connectivity index is 1.01. The minimum Gasteiger partial charge on any atom is -0.497 e. The maximum atomic E-state index is 13.4. The molecule has 0 aliphatic carbocycles. The van der Waals surface area contributed by atoms with Crippen molar-refractivity contribution < 1.29 is 17.9 Å². The summed E-state index contributed by atoms with van der Waals surface area (Å²) in [6, 6.07) is 16.8. The molecular weight excluding hydrogens is 588 g/mol. The van der Waals surface area contributed by atoms with Crippen LogP contribution in [-0.4, -0.2) is 105 Å². The molecule has 0 saturated carbocycles. The number of likely N-dealkylation sites (N-methyl/N-ethyl adjacent to an activating group) is 1. The van der Waals surface area contributed by atoms with Crippen LogP contribution in [0.25, 0.3) is 0 Å². The minimum absolute atomic E-state index is 0.155. The van der Waals surface area contributed by atoms with Crippen molar-refractivity contribution in [3.8, 4) is 11.8 Å². The van der Waals surface area contributed by atoms with Gasteiger partial charge in [-0.1, -0.05) is 30.3 Å². The first kappa shape index (κ1) is 31.7. The van der Waals surface area contributed by atoms with Crippen molar-refractivity contribution in [3.05, 3.63) is 71.4 Å². The molecule has 10 nitrogen and oxygen atoms in total. The Labute approximate surface area is 268 Å². The van der Waals surface area contributed by atoms with Gasteiger partial charge in [0.15, 0.2) is 0 Å². The second kappa shape index (κ2) is 13.2. The molecule has 0 unspecified atom stereocenters. The first-order chi connectivity index (χ1) is 21.7. The number of benzene rings is 2. The lowest BCUT2D eigenvalue weighted by atomic mass is 9.79. The molecule has 242 valence electrons. The fraction of sp³-hybridized carbons (Fsp3) is 0.529. The zero-order valence-electron chi connectivity index (χ0n) is 27.0. The topological polar surface area (TPSA) is 91.3 Å². The van der Waals surface area contributed by atoms with Gasteiger partial charge in [0.2, 0.25) is 10.0 Å². The molecule has 0 radical (unpaired) electrons. The third-order valence-electron chi connectivity index (χ3n) is 9.82. The number of piperidine rings is 1. The average Bonchev–Trinajstić information content (AvgIpc) is 3.57. The van der Waals surface area contributed by atoms with Gasteiger partial charge in [-0.15, -0.1) is 0 Å². The van der Waals surface area contributed by atoms with Crippen molar-refractivity contribution >= 4 is 15.8 Å². The van der Waals surface area contributed by atoms with Gasteiger partial charge >= 0.3 is 6.01 Å². The van der Waals surface area contributed by atoms with Gasteiger partial charge in [0.1, 0.15) is 17.7 Å². The van der Waals surface area contributed by atoms with Crippen LogP contribution in [0.5, 0.6) is 11.8 Å². The van der Waals surface area contributed by atoms with Gasteiger partial charge in [0.25, 0.3) is 0 Å². The Morgan fingerprint density at radius 2 is 1.64 bits per heavy atom. The summed E-state index contributed by atoms with van der Waals surface area (Å²) in [6.45, 7) is 10.5. The standard InChI is InChI=1S/C34H46N6O4S/c1-26-22-29(43-4)23-27(2)32(26)45(41,42)40-24-30(25-40)44-33-35-15-12-31(36-33)37(3)20-21-38-18-13-34(14-19-38,39-16-8-9-17-39)28-10-6-5-7-11-28/h5-7,10-12,15,22-23,30H,8-9,13-14,16-21,24-25H2,1-4H3. The molecule has 3 aromatic rings. The maximum Gasteiger partial charge on any atom is 0.318 e. The van der Waals surface area contributed by atoms with Crippen LogP contribution in [0.3, 0.4) is 0 Å². The Kier molecular flexibility index (Phi) is 9.33. The number of nitrogens with zero attached hydrogens (tertiary/aromatic N) is 6. The van der Waals surface area contributed by atoms with Crippen LogP contribution in [0, 0.1) is 13.8 Å². The van der Waals surface area contributed by atoms with E-state index in [1.165, 1.54) is 35.8 Å². The lowest BCUT2D eigenvalue weighted by molar-refractivity contribution is 0.0351. The summed E-state index contributed by atoms with van der Waals surface area (Å²) in [6.07, 6.45) is 6.31. The Morgan fingerprint density at radius 1 is 0.978 bits per heavy atom. The highest BCUT2D eigenvalue weighted by Crippen LogP contribution is 2.41. The molecule has 0 spiro atoms. The monoisotopic (exact) mass is 634 g/mol. The quantitative estimate of drug-likeness (QED) is 0.310. The predicted molar refractivity (Wildman–Crippen MR) is 176 cm³/mol. The number of likely N-dealkylation sites (tertiary alicyclic amines) is 2. The van der Waals surface area contributed by atoms with Crippen LogP contribution >= 0.6 is 0 Å². The van der Waals surface area contributed by atoms with Crippen LogP contribution in [0.15, 0.2) is 59.6 Å². The third kappa shape index (κ3) is 6.54. The van der Waals surface area contributed by atoms with Crippen molar-refractivity contribution in [1.82, 2.24) is 24.1 Å². The molecule has 0 atom stereocenters. The fourth-order valence-electron chi connectivity index (χ4n) is 7.22. The van der Waals surface area contributed by atoms with E-state index in [0.29, 0.717) is 21.8 Å². The minimum atomic E-state index is -3.64. The van der Waals surface area contributed by atoms with E-state index >= 15 is 0 Å². The van der Waals surface area contributed by atoms with Crippen LogP contribution in [0.2, 0.25) is 0 Å². The number of methoxy groups -OCH3 is 1. The summed E-state index contributed by atoms with van der Waals surface area (Å²) in [5, 5.41) is 0. The van der Waals surface area contributed by atoms with E-state index in [0.717, 1.165) is 44.8 Å². The van der Waals surface area contributed by atoms with Crippen molar-refractivity contribution in [1.29, 1.82) is 0 Å². The molecule has 11 heteroatoms. The Hall–Kier alpha value is -3.25. The van der Waals surface area contributed by atoms with Crippen LogP contribution < -0.4 is 14.4 Å². The number of rotatable bonds is 11. The maximum absolute atomic E-state index is 13.4. The van der Waals surface area contributed by atoms with Crippen LogP contribution in [0.1, 0.15) is 42.4 Å². The molecule has 45 heavy (non-hydrogen) atoms. The first-order valence-corrected chi connectivity index (χ1v) is 17.5. The molecule has 6 rings (SSSR count). The van der Waals surface area contributed by atoms with Crippen LogP contribution in [0.4, 0.5) is 5.82 Å². The number of aromatic nitrogens is 2. The molecule has 4 heterocycles. The first-order valence-electron chi connectivity index (χ1n) is 16.1. The van der Waals surface area contributed by atoms with Crippen LogP contribution in [-0.2, 0) is 15.6 Å². The van der Waals surface area contributed by atoms with Gasteiger partial charge in [0.05, 0.1) is 25.1 Å². The highest BCUT2D eigenvalue weighted by molar-refractivity contribution is 7.89. The van der Waals surface area contributed by atoms with Gasteiger partial charge in [0, 0.05) is 45.0 Å². The van der Waals surface area contributed by atoms with E-state index in [2.05, 4.69) is 55.0 Å². The van der Waals surface area contributed by atoms with E-state index in [1.807, 2.05) is 13.1 Å².